The monoisotopic (exact) mass is 237 g/mol. The number of rotatable bonds is 4. The van der Waals surface area contributed by atoms with Crippen LogP contribution in [0.5, 0.6) is 0 Å². The number of aliphatic hydroxyl groups excluding tert-OH is 2. The van der Waals surface area contributed by atoms with Crippen LogP contribution in [0.25, 0.3) is 0 Å². The van der Waals surface area contributed by atoms with Gasteiger partial charge in [0.2, 0.25) is 0 Å². The fraction of sp³-hybridized carbons (Fsp3) is 0.583. The Labute approximate surface area is 101 Å². The third-order valence-electron chi connectivity index (χ3n) is 2.92. The van der Waals surface area contributed by atoms with E-state index in [9.17, 15) is 10.2 Å². The molecule has 2 atom stereocenters. The molecule has 1 aromatic rings. The number of hydrogen-bond acceptors (Lipinski definition) is 5. The second kappa shape index (κ2) is 5.44. The molecule has 1 fully saturated rings. The van der Waals surface area contributed by atoms with Crippen LogP contribution in [0, 0.1) is 0 Å². The van der Waals surface area contributed by atoms with E-state index >= 15 is 0 Å². The van der Waals surface area contributed by atoms with E-state index in [2.05, 4.69) is 10.3 Å². The van der Waals surface area contributed by atoms with Crippen molar-refractivity contribution in [1.82, 2.24) is 9.88 Å². The molecule has 1 saturated heterocycles. The Morgan fingerprint density at radius 3 is 2.76 bits per heavy atom. The lowest BCUT2D eigenvalue weighted by atomic mass is 10.3. The van der Waals surface area contributed by atoms with Gasteiger partial charge in [0.05, 0.1) is 17.9 Å². The second-order valence-electron chi connectivity index (χ2n) is 4.39. The molecule has 5 heteroatoms. The summed E-state index contributed by atoms with van der Waals surface area (Å²) in [6.07, 6.45) is 0.509. The minimum Gasteiger partial charge on any atom is -0.389 e. The number of aliphatic hydroxyl groups is 2. The number of nitrogens with zero attached hydrogens (tertiary/aromatic N) is 2. The number of likely N-dealkylation sites (tertiary alicyclic amines) is 1. The first-order valence-corrected chi connectivity index (χ1v) is 5.96. The van der Waals surface area contributed by atoms with Crippen LogP contribution in [0.4, 0.5) is 5.69 Å². The van der Waals surface area contributed by atoms with Crippen molar-refractivity contribution in [1.29, 1.82) is 0 Å². The van der Waals surface area contributed by atoms with Gasteiger partial charge in [0.1, 0.15) is 0 Å². The summed E-state index contributed by atoms with van der Waals surface area (Å²) in [6.45, 7) is 4.60. The molecule has 0 aliphatic carbocycles. The van der Waals surface area contributed by atoms with Crippen LogP contribution in [0.1, 0.15) is 12.6 Å². The first-order valence-electron chi connectivity index (χ1n) is 5.96. The highest BCUT2D eigenvalue weighted by molar-refractivity contribution is 5.42. The Kier molecular flexibility index (Phi) is 3.93. The van der Waals surface area contributed by atoms with Gasteiger partial charge in [0.15, 0.2) is 0 Å². The van der Waals surface area contributed by atoms with Gasteiger partial charge in [-0.3, -0.25) is 9.88 Å². The van der Waals surface area contributed by atoms with Crippen molar-refractivity contribution in [3.05, 3.63) is 24.0 Å². The van der Waals surface area contributed by atoms with Crippen molar-refractivity contribution in [2.75, 3.05) is 25.0 Å². The molecule has 1 aromatic heterocycles. The Bertz CT molecular complexity index is 363. The zero-order valence-corrected chi connectivity index (χ0v) is 10.0. The van der Waals surface area contributed by atoms with Crippen LogP contribution in [0.3, 0.4) is 0 Å². The summed E-state index contributed by atoms with van der Waals surface area (Å²) < 4.78 is 0. The zero-order chi connectivity index (χ0) is 12.3. The van der Waals surface area contributed by atoms with E-state index in [1.54, 1.807) is 6.20 Å². The van der Waals surface area contributed by atoms with E-state index in [0.29, 0.717) is 19.6 Å². The molecule has 94 valence electrons. The number of hydrogen-bond donors (Lipinski definition) is 3. The van der Waals surface area contributed by atoms with Crippen LogP contribution in [0.2, 0.25) is 0 Å². The summed E-state index contributed by atoms with van der Waals surface area (Å²) in [6, 6.07) is 3.93. The maximum Gasteiger partial charge on any atom is 0.0938 e. The Balaban J connectivity index is 1.97. The van der Waals surface area contributed by atoms with Gasteiger partial charge in [-0.15, -0.1) is 0 Å². The third-order valence-corrected chi connectivity index (χ3v) is 2.92. The van der Waals surface area contributed by atoms with Gasteiger partial charge in [-0.05, 0) is 19.1 Å². The normalized spacial score (nSPS) is 25.1. The first kappa shape index (κ1) is 12.3. The molecule has 5 nitrogen and oxygen atoms in total. The average Bonchev–Trinajstić information content (AvgIpc) is 2.59. The van der Waals surface area contributed by atoms with E-state index in [1.165, 1.54) is 0 Å². The molecule has 0 amide bonds. The number of β-amino-alcohol motifs (C(OH)–C–C–N with tert-alkyl or cyclic N) is 2. The van der Waals surface area contributed by atoms with Gasteiger partial charge in [-0.2, -0.15) is 0 Å². The van der Waals surface area contributed by atoms with Gasteiger partial charge in [0, 0.05) is 38.1 Å². The van der Waals surface area contributed by atoms with Gasteiger partial charge < -0.3 is 15.5 Å². The van der Waals surface area contributed by atoms with Crippen LogP contribution in [-0.4, -0.2) is 51.9 Å². The maximum absolute atomic E-state index is 9.46. The van der Waals surface area contributed by atoms with E-state index in [4.69, 9.17) is 0 Å². The molecule has 0 aromatic carbocycles. The predicted octanol–water partition coefficient (Wildman–Crippen LogP) is 0.0508. The van der Waals surface area contributed by atoms with Crippen LogP contribution in [-0.2, 0) is 6.54 Å². The standard InChI is InChI=1S/C12H19N3O2/c1-2-13-9-3-4-14-10(5-9)6-15-7-11(16)12(17)8-15/h3-5,11-12,16-17H,2,6-8H2,1H3,(H,13,14). The summed E-state index contributed by atoms with van der Waals surface area (Å²) in [5.74, 6) is 0. The van der Waals surface area contributed by atoms with Crippen LogP contribution >= 0.6 is 0 Å². The Hall–Kier alpha value is -1.17. The predicted molar refractivity (Wildman–Crippen MR) is 65.7 cm³/mol. The van der Waals surface area contributed by atoms with Crippen molar-refractivity contribution in [2.24, 2.45) is 0 Å². The quantitative estimate of drug-likeness (QED) is 0.690. The van der Waals surface area contributed by atoms with E-state index in [1.807, 2.05) is 24.0 Å². The number of anilines is 1. The molecule has 3 N–H and O–H groups in total. The second-order valence-corrected chi connectivity index (χ2v) is 4.39. The molecule has 17 heavy (non-hydrogen) atoms. The van der Waals surface area contributed by atoms with Gasteiger partial charge in [-0.25, -0.2) is 0 Å². The Morgan fingerprint density at radius 2 is 2.12 bits per heavy atom. The molecule has 0 saturated carbocycles. The summed E-state index contributed by atoms with van der Waals surface area (Å²) >= 11 is 0. The zero-order valence-electron chi connectivity index (χ0n) is 10.0. The van der Waals surface area contributed by atoms with Crippen molar-refractivity contribution in [3.8, 4) is 0 Å². The van der Waals surface area contributed by atoms with E-state index < -0.39 is 12.2 Å². The number of aromatic nitrogens is 1. The highest BCUT2D eigenvalue weighted by Gasteiger charge is 2.29. The van der Waals surface area contributed by atoms with E-state index in [-0.39, 0.29) is 0 Å². The molecule has 2 rings (SSSR count). The molecule has 2 unspecified atom stereocenters. The number of pyridine rings is 1. The third kappa shape index (κ3) is 3.15. The van der Waals surface area contributed by atoms with Crippen molar-refractivity contribution in [2.45, 2.75) is 25.7 Å². The van der Waals surface area contributed by atoms with Crippen molar-refractivity contribution < 1.29 is 10.2 Å². The summed E-state index contributed by atoms with van der Waals surface area (Å²) in [7, 11) is 0. The smallest absolute Gasteiger partial charge is 0.0938 e. The van der Waals surface area contributed by atoms with Crippen LogP contribution in [0.15, 0.2) is 18.3 Å². The summed E-state index contributed by atoms with van der Waals surface area (Å²) in [5, 5.41) is 22.2. The molecule has 0 radical (unpaired) electrons. The highest BCUT2D eigenvalue weighted by atomic mass is 16.3. The summed E-state index contributed by atoms with van der Waals surface area (Å²) in [5.41, 5.74) is 2.00. The molecule has 2 heterocycles. The maximum atomic E-state index is 9.46. The first-order chi connectivity index (χ1) is 8.19. The van der Waals surface area contributed by atoms with Crippen molar-refractivity contribution >= 4 is 5.69 Å². The molecule has 1 aliphatic heterocycles. The lowest BCUT2D eigenvalue weighted by Crippen LogP contribution is -2.22. The highest BCUT2D eigenvalue weighted by Crippen LogP contribution is 2.15. The lowest BCUT2D eigenvalue weighted by molar-refractivity contribution is 0.0572. The van der Waals surface area contributed by atoms with Gasteiger partial charge >= 0.3 is 0 Å². The molecular formula is C12H19N3O2. The van der Waals surface area contributed by atoms with E-state index in [0.717, 1.165) is 17.9 Å². The lowest BCUT2D eigenvalue weighted by Gasteiger charge is -2.14. The minimum absolute atomic E-state index is 0.508. The molecular weight excluding hydrogens is 218 g/mol. The fourth-order valence-corrected chi connectivity index (χ4v) is 2.08. The SMILES string of the molecule is CCNc1ccnc(CN2CC(O)C(O)C2)c1. The topological polar surface area (TPSA) is 68.6 Å². The Morgan fingerprint density at radius 1 is 1.41 bits per heavy atom. The van der Waals surface area contributed by atoms with Gasteiger partial charge in [-0.1, -0.05) is 0 Å². The minimum atomic E-state index is -0.632. The molecule has 0 bridgehead atoms. The molecule has 1 aliphatic rings. The summed E-state index contributed by atoms with van der Waals surface area (Å²) in [4.78, 5) is 6.30. The average molecular weight is 237 g/mol. The van der Waals surface area contributed by atoms with Gasteiger partial charge in [0.25, 0.3) is 0 Å². The van der Waals surface area contributed by atoms with Crippen molar-refractivity contribution in [3.63, 3.8) is 0 Å². The molecule has 0 spiro atoms. The largest absolute Gasteiger partial charge is 0.389 e. The number of nitrogens with one attached hydrogen (secondary N) is 1. The van der Waals surface area contributed by atoms with Crippen LogP contribution < -0.4 is 5.32 Å². The fourth-order valence-electron chi connectivity index (χ4n) is 2.08.